The molecule has 3 rings (SSSR count). The molecule has 0 saturated heterocycles. The summed E-state index contributed by atoms with van der Waals surface area (Å²) in [7, 11) is 0. The van der Waals surface area contributed by atoms with E-state index in [2.05, 4.69) is 4.98 Å². The number of pyridine rings is 2. The number of hydrogen-bond donors (Lipinski definition) is 1. The molecular formula is C21H18N2O4. The number of aliphatic hydroxyl groups is 1. The van der Waals surface area contributed by atoms with Crippen LogP contribution in [0, 0.1) is 0 Å². The Morgan fingerprint density at radius 3 is 2.44 bits per heavy atom. The van der Waals surface area contributed by atoms with Crippen molar-refractivity contribution in [2.24, 2.45) is 0 Å². The van der Waals surface area contributed by atoms with E-state index in [0.29, 0.717) is 11.4 Å². The molecular weight excluding hydrogens is 344 g/mol. The number of carbonyl (C=O) groups is 1. The second kappa shape index (κ2) is 8.14. The van der Waals surface area contributed by atoms with Gasteiger partial charge in [-0.1, -0.05) is 42.5 Å². The van der Waals surface area contributed by atoms with Crippen LogP contribution in [0.2, 0.25) is 0 Å². The zero-order valence-electron chi connectivity index (χ0n) is 14.7. The van der Waals surface area contributed by atoms with Crippen LogP contribution in [-0.2, 0) is 9.53 Å². The van der Waals surface area contributed by atoms with E-state index in [1.807, 2.05) is 0 Å². The van der Waals surface area contributed by atoms with Crippen molar-refractivity contribution in [1.82, 2.24) is 9.55 Å². The topological polar surface area (TPSA) is 81.4 Å². The molecule has 0 atom stereocenters. The van der Waals surface area contributed by atoms with Crippen LogP contribution in [0.4, 0.5) is 0 Å². The largest absolute Gasteiger partial charge is 0.506 e. The lowest BCUT2D eigenvalue weighted by Crippen LogP contribution is -2.24. The molecule has 0 spiro atoms. The van der Waals surface area contributed by atoms with Crippen molar-refractivity contribution in [3.63, 3.8) is 0 Å². The molecule has 2 aromatic heterocycles. The summed E-state index contributed by atoms with van der Waals surface area (Å²) in [6.07, 6.45) is 1.54. The van der Waals surface area contributed by atoms with Crippen LogP contribution in [0.3, 0.4) is 0 Å². The van der Waals surface area contributed by atoms with Gasteiger partial charge in [-0.25, -0.2) is 9.78 Å². The van der Waals surface area contributed by atoms with Gasteiger partial charge in [0.25, 0.3) is 5.56 Å². The number of ether oxygens (including phenoxy) is 1. The fourth-order valence-corrected chi connectivity index (χ4v) is 2.67. The molecule has 0 aliphatic heterocycles. The molecule has 1 N–H and O–H groups in total. The van der Waals surface area contributed by atoms with E-state index in [1.54, 1.807) is 67.7 Å². The van der Waals surface area contributed by atoms with Crippen molar-refractivity contribution in [1.29, 1.82) is 0 Å². The van der Waals surface area contributed by atoms with Crippen LogP contribution in [-0.4, -0.2) is 27.2 Å². The second-order valence-electron chi connectivity index (χ2n) is 5.58. The van der Waals surface area contributed by atoms with Gasteiger partial charge in [-0.2, -0.15) is 0 Å². The summed E-state index contributed by atoms with van der Waals surface area (Å²) in [5.41, 5.74) is 0.144. The highest BCUT2D eigenvalue weighted by atomic mass is 16.5. The molecule has 2 heterocycles. The zero-order chi connectivity index (χ0) is 19.2. The number of esters is 1. The molecule has 0 radical (unpaired) electrons. The lowest BCUT2D eigenvalue weighted by molar-refractivity contribution is -0.136. The molecule has 3 aromatic rings. The van der Waals surface area contributed by atoms with Crippen molar-refractivity contribution in [2.45, 2.75) is 6.92 Å². The maximum absolute atomic E-state index is 12.7. The van der Waals surface area contributed by atoms with Gasteiger partial charge in [0.05, 0.1) is 12.3 Å². The van der Waals surface area contributed by atoms with Crippen molar-refractivity contribution in [2.75, 3.05) is 6.61 Å². The average molecular weight is 362 g/mol. The molecule has 1 aromatic carbocycles. The smallest absolute Gasteiger partial charge is 0.344 e. The molecule has 0 fully saturated rings. The van der Waals surface area contributed by atoms with Gasteiger partial charge >= 0.3 is 5.97 Å². The maximum atomic E-state index is 12.7. The minimum atomic E-state index is -0.728. The average Bonchev–Trinajstić information content (AvgIpc) is 2.70. The Balaban J connectivity index is 2.31. The first-order valence-corrected chi connectivity index (χ1v) is 8.43. The van der Waals surface area contributed by atoms with E-state index in [1.165, 1.54) is 16.7 Å². The first-order chi connectivity index (χ1) is 13.1. The maximum Gasteiger partial charge on any atom is 0.344 e. The van der Waals surface area contributed by atoms with Crippen molar-refractivity contribution >= 4 is 17.3 Å². The zero-order valence-corrected chi connectivity index (χ0v) is 14.7. The molecule has 0 saturated carbocycles. The van der Waals surface area contributed by atoms with E-state index >= 15 is 0 Å². The molecule has 0 amide bonds. The Hall–Kier alpha value is -3.67. The Kier molecular flexibility index (Phi) is 5.47. The minimum Gasteiger partial charge on any atom is -0.506 e. The summed E-state index contributed by atoms with van der Waals surface area (Å²) >= 11 is 0. The number of aliphatic hydroxyl groups excluding tert-OH is 1. The lowest BCUT2D eigenvalue weighted by Gasteiger charge is -2.15. The second-order valence-corrected chi connectivity index (χ2v) is 5.58. The van der Waals surface area contributed by atoms with Gasteiger partial charge in [0.1, 0.15) is 17.2 Å². The van der Waals surface area contributed by atoms with Crippen LogP contribution in [0.5, 0.6) is 0 Å². The summed E-state index contributed by atoms with van der Waals surface area (Å²) in [5.74, 6) is -0.667. The predicted octanol–water partition coefficient (Wildman–Crippen LogP) is 3.22. The lowest BCUT2D eigenvalue weighted by atomic mass is 10.0. The number of nitrogens with zero attached hydrogens (tertiary/aromatic N) is 2. The van der Waals surface area contributed by atoms with Crippen LogP contribution < -0.4 is 5.56 Å². The van der Waals surface area contributed by atoms with Crippen molar-refractivity contribution in [3.05, 3.63) is 94.5 Å². The van der Waals surface area contributed by atoms with E-state index in [0.717, 1.165) is 0 Å². The van der Waals surface area contributed by atoms with Gasteiger partial charge < -0.3 is 9.84 Å². The highest BCUT2D eigenvalue weighted by Crippen LogP contribution is 2.26. The molecule has 6 heteroatoms. The number of hydrogen-bond acceptors (Lipinski definition) is 5. The Labute approximate surface area is 156 Å². The van der Waals surface area contributed by atoms with Gasteiger partial charge in [0.2, 0.25) is 0 Å². The molecule has 0 bridgehead atoms. The fourth-order valence-electron chi connectivity index (χ4n) is 2.67. The Morgan fingerprint density at radius 2 is 1.78 bits per heavy atom. The van der Waals surface area contributed by atoms with E-state index in [9.17, 15) is 14.7 Å². The summed E-state index contributed by atoms with van der Waals surface area (Å²) in [6.45, 7) is 1.80. The Morgan fingerprint density at radius 1 is 1.04 bits per heavy atom. The normalized spacial score (nSPS) is 11.6. The van der Waals surface area contributed by atoms with E-state index < -0.39 is 5.97 Å². The number of rotatable bonds is 5. The van der Waals surface area contributed by atoms with Crippen LogP contribution in [0.1, 0.15) is 18.2 Å². The summed E-state index contributed by atoms with van der Waals surface area (Å²) in [4.78, 5) is 29.4. The first-order valence-electron chi connectivity index (χ1n) is 8.43. The molecule has 0 unspecified atom stereocenters. The first kappa shape index (κ1) is 18.1. The quantitative estimate of drug-likeness (QED) is 0.428. The SMILES string of the molecule is CCOC(=O)/C(=C(\O)c1ccccc1)c1cccc(=O)n1-c1ccccn1. The third kappa shape index (κ3) is 3.79. The van der Waals surface area contributed by atoms with Crippen molar-refractivity contribution < 1.29 is 14.6 Å². The third-order valence-electron chi connectivity index (χ3n) is 3.85. The third-order valence-corrected chi connectivity index (χ3v) is 3.85. The fraction of sp³-hybridized carbons (Fsp3) is 0.0952. The summed E-state index contributed by atoms with van der Waals surface area (Å²) < 4.78 is 6.41. The van der Waals surface area contributed by atoms with E-state index in [4.69, 9.17) is 4.74 Å². The van der Waals surface area contributed by atoms with Crippen LogP contribution in [0.15, 0.2) is 77.7 Å². The van der Waals surface area contributed by atoms with Crippen molar-refractivity contribution in [3.8, 4) is 5.82 Å². The van der Waals surface area contributed by atoms with Crippen LogP contribution >= 0.6 is 0 Å². The molecule has 136 valence electrons. The summed E-state index contributed by atoms with van der Waals surface area (Å²) in [6, 6.07) is 18.2. The number of carbonyl (C=O) groups excluding carboxylic acids is 1. The minimum absolute atomic E-state index is 0.105. The molecule has 6 nitrogen and oxygen atoms in total. The predicted molar refractivity (Wildman–Crippen MR) is 102 cm³/mol. The van der Waals surface area contributed by atoms with Gasteiger partial charge in [-0.15, -0.1) is 0 Å². The van der Waals surface area contributed by atoms with Gasteiger partial charge in [-0.3, -0.25) is 9.36 Å². The molecule has 27 heavy (non-hydrogen) atoms. The number of benzene rings is 1. The Bertz CT molecular complexity index is 1020. The van der Waals surface area contributed by atoms with Crippen LogP contribution in [0.25, 0.3) is 17.2 Å². The molecule has 0 aliphatic carbocycles. The monoisotopic (exact) mass is 362 g/mol. The van der Waals surface area contributed by atoms with E-state index in [-0.39, 0.29) is 29.2 Å². The van der Waals surface area contributed by atoms with Gasteiger partial charge in [0.15, 0.2) is 0 Å². The molecule has 0 aliphatic rings. The number of aromatic nitrogens is 2. The van der Waals surface area contributed by atoms with Gasteiger partial charge in [-0.05, 0) is 25.1 Å². The van der Waals surface area contributed by atoms with Gasteiger partial charge in [0, 0.05) is 17.8 Å². The standard InChI is InChI=1S/C21H18N2O4/c1-2-27-21(26)19(20(25)15-9-4-3-5-10-15)16-11-8-13-18(24)23(16)17-12-6-7-14-22-17/h3-14,25H,2H2,1H3/b20-19-. The highest BCUT2D eigenvalue weighted by Gasteiger charge is 2.24. The highest BCUT2D eigenvalue weighted by molar-refractivity contribution is 6.23. The summed E-state index contributed by atoms with van der Waals surface area (Å²) in [5, 5.41) is 10.8.